The van der Waals surface area contributed by atoms with Crippen molar-refractivity contribution in [3.05, 3.63) is 51.1 Å². The molecule has 30 heavy (non-hydrogen) atoms. The van der Waals surface area contributed by atoms with Crippen LogP contribution in [0.25, 0.3) is 17.4 Å². The molecule has 1 aromatic carbocycles. The first-order valence-electron chi connectivity index (χ1n) is 9.67. The molecule has 156 valence electrons. The molecule has 2 aliphatic rings. The van der Waals surface area contributed by atoms with Gasteiger partial charge in [0.1, 0.15) is 21.6 Å². The number of hydrogen-bond donors (Lipinski definition) is 0. The monoisotopic (exact) mass is 444 g/mol. The van der Waals surface area contributed by atoms with Crippen molar-refractivity contribution in [3.63, 3.8) is 0 Å². The molecule has 1 aromatic heterocycles. The fourth-order valence-electron chi connectivity index (χ4n) is 3.84. The molecule has 2 fully saturated rings. The van der Waals surface area contributed by atoms with Crippen LogP contribution in [0.1, 0.15) is 37.9 Å². The number of nitro groups is 1. The number of hydrogen-bond acceptors (Lipinski definition) is 7. The number of ether oxygens (including phenoxy) is 1. The predicted octanol–water partition coefficient (Wildman–Crippen LogP) is 5.40. The smallest absolute Gasteiger partial charge is 0.273 e. The zero-order valence-corrected chi connectivity index (χ0v) is 18.0. The normalized spacial score (nSPS) is 19.0. The van der Waals surface area contributed by atoms with E-state index in [0.717, 1.165) is 25.7 Å². The van der Waals surface area contributed by atoms with Crippen LogP contribution in [0.15, 0.2) is 39.7 Å². The second-order valence-corrected chi connectivity index (χ2v) is 8.86. The number of thiocarbonyl (C=S) groups is 1. The lowest BCUT2D eigenvalue weighted by Gasteiger charge is -2.29. The topological polar surface area (TPSA) is 85.8 Å². The van der Waals surface area contributed by atoms with Crippen molar-refractivity contribution in [1.82, 2.24) is 4.90 Å². The van der Waals surface area contributed by atoms with E-state index in [-0.39, 0.29) is 17.6 Å². The van der Waals surface area contributed by atoms with Crippen molar-refractivity contribution in [2.75, 3.05) is 7.11 Å². The Bertz CT molecular complexity index is 1040. The van der Waals surface area contributed by atoms with Crippen molar-refractivity contribution in [1.29, 1.82) is 0 Å². The third-order valence-corrected chi connectivity index (χ3v) is 6.66. The number of nitro benzene ring substituents is 1. The number of amides is 1. The Balaban J connectivity index is 1.57. The van der Waals surface area contributed by atoms with E-state index in [1.54, 1.807) is 29.2 Å². The van der Waals surface area contributed by atoms with Gasteiger partial charge >= 0.3 is 0 Å². The first kappa shape index (κ1) is 20.6. The zero-order valence-electron chi connectivity index (χ0n) is 16.3. The lowest BCUT2D eigenvalue weighted by Crippen LogP contribution is -2.39. The van der Waals surface area contributed by atoms with E-state index in [0.29, 0.717) is 32.1 Å². The maximum atomic E-state index is 12.9. The van der Waals surface area contributed by atoms with E-state index in [4.69, 9.17) is 21.4 Å². The van der Waals surface area contributed by atoms with Crippen molar-refractivity contribution in [3.8, 4) is 17.1 Å². The highest BCUT2D eigenvalue weighted by atomic mass is 32.2. The number of furan rings is 1. The van der Waals surface area contributed by atoms with Gasteiger partial charge < -0.3 is 9.15 Å². The summed E-state index contributed by atoms with van der Waals surface area (Å²) in [5.74, 6) is 1.28. The Morgan fingerprint density at radius 1 is 1.27 bits per heavy atom. The van der Waals surface area contributed by atoms with E-state index < -0.39 is 4.92 Å². The third-order valence-electron chi connectivity index (χ3n) is 5.32. The molecule has 1 saturated heterocycles. The number of rotatable bonds is 5. The minimum atomic E-state index is -0.478. The van der Waals surface area contributed by atoms with Crippen LogP contribution >= 0.6 is 24.0 Å². The van der Waals surface area contributed by atoms with Crippen LogP contribution in [0, 0.1) is 10.1 Å². The van der Waals surface area contributed by atoms with Gasteiger partial charge in [-0.3, -0.25) is 19.8 Å². The molecule has 9 heteroatoms. The van der Waals surface area contributed by atoms with Gasteiger partial charge in [-0.05, 0) is 31.0 Å². The van der Waals surface area contributed by atoms with Crippen LogP contribution < -0.4 is 4.74 Å². The summed E-state index contributed by atoms with van der Waals surface area (Å²) in [6.45, 7) is 0. The van der Waals surface area contributed by atoms with Crippen LogP contribution in [-0.2, 0) is 4.79 Å². The molecule has 0 radical (unpaired) electrons. The molecule has 0 bridgehead atoms. The highest BCUT2D eigenvalue weighted by Crippen LogP contribution is 2.39. The minimum Gasteiger partial charge on any atom is -0.496 e. The summed E-state index contributed by atoms with van der Waals surface area (Å²) in [5.41, 5.74) is 0.534. The van der Waals surface area contributed by atoms with E-state index in [9.17, 15) is 14.9 Å². The summed E-state index contributed by atoms with van der Waals surface area (Å²) < 4.78 is 11.8. The zero-order chi connectivity index (χ0) is 21.3. The molecule has 2 aromatic rings. The Kier molecular flexibility index (Phi) is 5.92. The van der Waals surface area contributed by atoms with Crippen LogP contribution in [-0.4, -0.2) is 33.2 Å². The maximum absolute atomic E-state index is 12.9. The van der Waals surface area contributed by atoms with E-state index in [2.05, 4.69) is 0 Å². The third kappa shape index (κ3) is 3.99. The molecule has 1 amide bonds. The fourth-order valence-corrected chi connectivity index (χ4v) is 5.22. The second kappa shape index (κ2) is 8.61. The van der Waals surface area contributed by atoms with Crippen molar-refractivity contribution in [2.24, 2.45) is 0 Å². The molecule has 1 saturated carbocycles. The molecule has 0 atom stereocenters. The van der Waals surface area contributed by atoms with Gasteiger partial charge in [-0.25, -0.2) is 0 Å². The number of benzene rings is 1. The molecule has 1 aliphatic heterocycles. The van der Waals surface area contributed by atoms with Gasteiger partial charge in [0, 0.05) is 18.2 Å². The predicted molar refractivity (Wildman–Crippen MR) is 119 cm³/mol. The number of methoxy groups -OCH3 is 1. The summed E-state index contributed by atoms with van der Waals surface area (Å²) in [4.78, 5) is 25.7. The summed E-state index contributed by atoms with van der Waals surface area (Å²) >= 11 is 6.76. The average Bonchev–Trinajstić information content (AvgIpc) is 3.32. The van der Waals surface area contributed by atoms with Crippen LogP contribution in [0.5, 0.6) is 5.75 Å². The second-order valence-electron chi connectivity index (χ2n) is 7.19. The SMILES string of the molecule is COc1cc([N+](=O)[O-])ccc1-c1ccc(/C=C2/SC(=S)N(C3CCCCC3)C2=O)o1. The molecule has 2 heterocycles. The lowest BCUT2D eigenvalue weighted by molar-refractivity contribution is -0.384. The summed E-state index contributed by atoms with van der Waals surface area (Å²) in [6.07, 6.45) is 7.14. The van der Waals surface area contributed by atoms with Gasteiger partial charge in [0.05, 0.1) is 28.6 Å². The van der Waals surface area contributed by atoms with E-state index in [1.807, 2.05) is 0 Å². The van der Waals surface area contributed by atoms with Crippen LogP contribution in [0.2, 0.25) is 0 Å². The number of carbonyl (C=O) groups is 1. The lowest BCUT2D eigenvalue weighted by atomic mass is 9.94. The largest absolute Gasteiger partial charge is 0.496 e. The number of non-ortho nitro benzene ring substituents is 1. The number of nitrogens with zero attached hydrogens (tertiary/aromatic N) is 2. The van der Waals surface area contributed by atoms with Crippen LogP contribution in [0.3, 0.4) is 0 Å². The van der Waals surface area contributed by atoms with Gasteiger partial charge in [-0.1, -0.05) is 43.2 Å². The Hall–Kier alpha value is -2.65. The Labute approximate surface area is 183 Å². The summed E-state index contributed by atoms with van der Waals surface area (Å²) in [6, 6.07) is 8.03. The number of carbonyl (C=O) groups excluding carboxylic acids is 1. The molecule has 7 nitrogen and oxygen atoms in total. The first-order chi connectivity index (χ1) is 14.5. The van der Waals surface area contributed by atoms with Crippen LogP contribution in [0.4, 0.5) is 5.69 Å². The first-order valence-corrected chi connectivity index (χ1v) is 10.9. The van der Waals surface area contributed by atoms with E-state index in [1.165, 1.54) is 37.4 Å². The molecular formula is C21H20N2O5S2. The quantitative estimate of drug-likeness (QED) is 0.264. The van der Waals surface area contributed by atoms with E-state index >= 15 is 0 Å². The Morgan fingerprint density at radius 3 is 2.73 bits per heavy atom. The molecule has 0 spiro atoms. The molecule has 0 N–H and O–H groups in total. The summed E-state index contributed by atoms with van der Waals surface area (Å²) in [5, 5.41) is 11.0. The number of thioether (sulfide) groups is 1. The minimum absolute atomic E-state index is 0.0613. The van der Waals surface area contributed by atoms with Gasteiger partial charge in [0.25, 0.3) is 11.6 Å². The summed E-state index contributed by atoms with van der Waals surface area (Å²) in [7, 11) is 1.45. The van der Waals surface area contributed by atoms with Crippen molar-refractivity contribution < 1.29 is 18.9 Å². The van der Waals surface area contributed by atoms with Gasteiger partial charge in [0.2, 0.25) is 0 Å². The fraction of sp³-hybridized carbons (Fsp3) is 0.333. The van der Waals surface area contributed by atoms with Gasteiger partial charge in [0.15, 0.2) is 0 Å². The standard InChI is InChI=1S/C21H20N2O5S2/c1-27-18-11-14(23(25)26)7-9-16(18)17-10-8-15(28-17)12-19-20(24)22(21(29)30-19)13-5-3-2-4-6-13/h7-13H,2-6H2,1H3/b19-12+. The highest BCUT2D eigenvalue weighted by molar-refractivity contribution is 8.26. The highest BCUT2D eigenvalue weighted by Gasteiger charge is 2.37. The molecular weight excluding hydrogens is 424 g/mol. The molecule has 4 rings (SSSR count). The van der Waals surface area contributed by atoms with Crippen molar-refractivity contribution in [2.45, 2.75) is 38.1 Å². The Morgan fingerprint density at radius 2 is 2.03 bits per heavy atom. The molecule has 1 aliphatic carbocycles. The van der Waals surface area contributed by atoms with Gasteiger partial charge in [-0.2, -0.15) is 0 Å². The molecule has 0 unspecified atom stereocenters. The van der Waals surface area contributed by atoms with Gasteiger partial charge in [-0.15, -0.1) is 0 Å². The average molecular weight is 445 g/mol. The maximum Gasteiger partial charge on any atom is 0.273 e. The van der Waals surface area contributed by atoms with Crippen molar-refractivity contribution >= 4 is 46.0 Å².